The highest BCUT2D eigenvalue weighted by Gasteiger charge is 2.63. The molecule has 0 aromatic heterocycles. The second kappa shape index (κ2) is 61.4. The van der Waals surface area contributed by atoms with E-state index in [2.05, 4.69) is 20.8 Å². The van der Waals surface area contributed by atoms with Crippen molar-refractivity contribution in [2.75, 3.05) is 19.8 Å². The number of rotatable bonds is 68. The standard InChI is InChI=1S/C78H148O14/c1-4-7-10-13-16-19-22-25-28-31-34-37-40-43-46-49-52-55-58-61-69(81)87-66-78(92-77-74(86)73(85)72(84)67(64-79)88-77)76(90-71(83)63-60-57-54-51-48-45-42-39-36-33-30-27-24-21-18-15-12-9-6-3)75(68(65-80)91-78)89-70(82)62-59-56-53-50-47-44-41-38-35-32-29-26-23-20-17-14-11-8-5-2/h67-68,72-77,79-80,84-86H,4-66H2,1-3H3/t67-,68-,72-,73+,74-,75-,76+,77-,78+/m1/s1. The molecule has 2 aliphatic rings. The summed E-state index contributed by atoms with van der Waals surface area (Å²) in [5, 5.41) is 53.8. The van der Waals surface area contributed by atoms with Gasteiger partial charge in [0.05, 0.1) is 13.2 Å². The van der Waals surface area contributed by atoms with Crippen molar-refractivity contribution in [3.05, 3.63) is 0 Å². The first kappa shape index (κ1) is 86.2. The molecule has 14 nitrogen and oxygen atoms in total. The van der Waals surface area contributed by atoms with Crippen LogP contribution in [0.15, 0.2) is 0 Å². The summed E-state index contributed by atoms with van der Waals surface area (Å²) in [6, 6.07) is 0. The number of carbonyl (C=O) groups excluding carboxylic acids is 3. The molecule has 2 heterocycles. The van der Waals surface area contributed by atoms with Gasteiger partial charge < -0.3 is 54.0 Å². The first-order valence-electron chi connectivity index (χ1n) is 39.9. The smallest absolute Gasteiger partial charge is 0.306 e. The van der Waals surface area contributed by atoms with Crippen LogP contribution in [0.4, 0.5) is 0 Å². The van der Waals surface area contributed by atoms with Crippen LogP contribution in [-0.4, -0.2) is 118 Å². The summed E-state index contributed by atoms with van der Waals surface area (Å²) in [4.78, 5) is 41.4. The van der Waals surface area contributed by atoms with Crippen molar-refractivity contribution in [3.8, 4) is 0 Å². The lowest BCUT2D eigenvalue weighted by Gasteiger charge is -2.43. The van der Waals surface area contributed by atoms with E-state index < -0.39 is 92.5 Å². The van der Waals surface area contributed by atoms with E-state index in [0.29, 0.717) is 19.3 Å². The summed E-state index contributed by atoms with van der Waals surface area (Å²) < 4.78 is 36.7. The molecule has 2 saturated heterocycles. The van der Waals surface area contributed by atoms with Crippen LogP contribution in [0.3, 0.4) is 0 Å². The third-order valence-electron chi connectivity index (χ3n) is 19.7. The van der Waals surface area contributed by atoms with Crippen molar-refractivity contribution in [1.82, 2.24) is 0 Å². The lowest BCUT2D eigenvalue weighted by molar-refractivity contribution is -0.384. The van der Waals surface area contributed by atoms with E-state index in [9.17, 15) is 39.9 Å². The molecular weight excluding hydrogens is 1160 g/mol. The summed E-state index contributed by atoms with van der Waals surface area (Å²) in [5.41, 5.74) is 0. The minimum absolute atomic E-state index is 0.0223. The zero-order valence-corrected chi connectivity index (χ0v) is 60.1. The first-order valence-corrected chi connectivity index (χ1v) is 39.9. The summed E-state index contributed by atoms with van der Waals surface area (Å²) >= 11 is 0. The minimum atomic E-state index is -2.33. The normalized spacial score (nSPS) is 21.5. The quantitative estimate of drug-likeness (QED) is 0.0218. The van der Waals surface area contributed by atoms with E-state index in [4.69, 9.17) is 28.4 Å². The molecule has 0 aliphatic carbocycles. The maximum Gasteiger partial charge on any atom is 0.306 e. The van der Waals surface area contributed by atoms with Crippen LogP contribution in [0.1, 0.15) is 406 Å². The van der Waals surface area contributed by atoms with Crippen molar-refractivity contribution in [1.29, 1.82) is 0 Å². The van der Waals surface area contributed by atoms with Gasteiger partial charge in [0.2, 0.25) is 5.79 Å². The van der Waals surface area contributed by atoms with Gasteiger partial charge in [-0.25, -0.2) is 0 Å². The SMILES string of the molecule is CCCCCCCCCCCCCCCCCCCCCC(=O)OC[C@@]1(O[C@H]2O[C@H](CO)[C@@H](O)[C@H](O)[C@H]2O)O[C@H](CO)[C@@H](OC(=O)CCCCCCCCCCCCCCCCCCCCC)[C@@H]1OC(=O)CCCCCCCCCCCCCCCCCCCCC. The van der Waals surface area contributed by atoms with Crippen molar-refractivity contribution in [2.45, 2.75) is 461 Å². The molecule has 0 unspecified atom stereocenters. The monoisotopic (exact) mass is 1310 g/mol. The van der Waals surface area contributed by atoms with E-state index in [0.717, 1.165) is 77.0 Å². The fourth-order valence-electron chi connectivity index (χ4n) is 13.6. The molecule has 0 spiro atoms. The number of carbonyl (C=O) groups is 3. The van der Waals surface area contributed by atoms with Gasteiger partial charge >= 0.3 is 17.9 Å². The van der Waals surface area contributed by atoms with Gasteiger partial charge in [0.25, 0.3) is 0 Å². The molecule has 2 rings (SSSR count). The van der Waals surface area contributed by atoms with Gasteiger partial charge in [-0.1, -0.05) is 367 Å². The van der Waals surface area contributed by atoms with Crippen molar-refractivity contribution < 1.29 is 68.3 Å². The zero-order valence-electron chi connectivity index (χ0n) is 60.1. The molecule has 0 radical (unpaired) electrons. The summed E-state index contributed by atoms with van der Waals surface area (Å²) in [6.45, 7) is 4.63. The molecule has 92 heavy (non-hydrogen) atoms. The first-order chi connectivity index (χ1) is 45.1. The van der Waals surface area contributed by atoms with Gasteiger partial charge in [-0.05, 0) is 19.3 Å². The third kappa shape index (κ3) is 44.1. The molecular formula is C78H148O14. The largest absolute Gasteiger partial charge is 0.460 e. The molecule has 5 N–H and O–H groups in total. The summed E-state index contributed by atoms with van der Waals surface area (Å²) in [5.74, 6) is -4.15. The molecule has 0 saturated carbocycles. The van der Waals surface area contributed by atoms with Crippen molar-refractivity contribution in [3.63, 3.8) is 0 Å². The van der Waals surface area contributed by atoms with Gasteiger partial charge in [-0.3, -0.25) is 14.4 Å². The molecule has 2 aliphatic heterocycles. The Labute approximate surface area is 564 Å². The highest BCUT2D eigenvalue weighted by molar-refractivity contribution is 5.71. The van der Waals surface area contributed by atoms with Crippen LogP contribution in [0.5, 0.6) is 0 Å². The number of unbranched alkanes of at least 4 members (excludes halogenated alkanes) is 54. The second-order valence-corrected chi connectivity index (χ2v) is 28.3. The Balaban J connectivity index is 1.99. The number of esters is 3. The van der Waals surface area contributed by atoms with Crippen LogP contribution in [0.25, 0.3) is 0 Å². The van der Waals surface area contributed by atoms with Crippen LogP contribution in [-0.2, 0) is 42.8 Å². The highest BCUT2D eigenvalue weighted by atomic mass is 16.8. The van der Waals surface area contributed by atoms with E-state index in [1.807, 2.05) is 0 Å². The minimum Gasteiger partial charge on any atom is -0.460 e. The topological polar surface area (TPSA) is 208 Å². The van der Waals surface area contributed by atoms with E-state index in [1.54, 1.807) is 0 Å². The van der Waals surface area contributed by atoms with Gasteiger partial charge in [0.1, 0.15) is 37.1 Å². The predicted octanol–water partition coefficient (Wildman–Crippen LogP) is 19.7. The van der Waals surface area contributed by atoms with E-state index >= 15 is 0 Å². The van der Waals surface area contributed by atoms with Gasteiger partial charge in [-0.15, -0.1) is 0 Å². The maximum absolute atomic E-state index is 14.0. The van der Waals surface area contributed by atoms with Gasteiger partial charge in [0, 0.05) is 19.3 Å². The molecule has 2 fully saturated rings. The number of aliphatic hydroxyl groups is 5. The van der Waals surface area contributed by atoms with E-state index in [-0.39, 0.29) is 19.3 Å². The lowest BCUT2D eigenvalue weighted by atomic mass is 9.98. The number of aliphatic hydroxyl groups excluding tert-OH is 5. The Hall–Kier alpha value is -1.91. The zero-order chi connectivity index (χ0) is 66.6. The van der Waals surface area contributed by atoms with Gasteiger partial charge in [0.15, 0.2) is 18.5 Å². The Kier molecular flexibility index (Phi) is 57.5. The second-order valence-electron chi connectivity index (χ2n) is 28.3. The van der Waals surface area contributed by atoms with Crippen molar-refractivity contribution in [2.24, 2.45) is 0 Å². The average Bonchev–Trinajstić information content (AvgIpc) is 1.57. The molecule has 0 amide bonds. The lowest BCUT2D eigenvalue weighted by Crippen LogP contribution is -2.63. The van der Waals surface area contributed by atoms with Crippen LogP contribution in [0.2, 0.25) is 0 Å². The number of hydrogen-bond donors (Lipinski definition) is 5. The molecule has 544 valence electrons. The Morgan fingerprint density at radius 1 is 0.326 bits per heavy atom. The van der Waals surface area contributed by atoms with E-state index in [1.165, 1.54) is 270 Å². The highest BCUT2D eigenvalue weighted by Crippen LogP contribution is 2.41. The average molecular weight is 1310 g/mol. The molecule has 14 heteroatoms. The van der Waals surface area contributed by atoms with Crippen molar-refractivity contribution >= 4 is 17.9 Å². The summed E-state index contributed by atoms with van der Waals surface area (Å²) in [7, 11) is 0. The fourth-order valence-corrected chi connectivity index (χ4v) is 13.6. The molecule has 0 aromatic rings. The van der Waals surface area contributed by atoms with Crippen LogP contribution in [0, 0.1) is 0 Å². The number of hydrogen-bond acceptors (Lipinski definition) is 14. The molecule has 0 aromatic carbocycles. The maximum atomic E-state index is 14.0. The Morgan fingerprint density at radius 2 is 0.587 bits per heavy atom. The fraction of sp³-hybridized carbons (Fsp3) is 0.962. The van der Waals surface area contributed by atoms with Crippen LogP contribution >= 0.6 is 0 Å². The Bertz CT molecular complexity index is 1650. The molecule has 9 atom stereocenters. The predicted molar refractivity (Wildman–Crippen MR) is 374 cm³/mol. The molecule has 0 bridgehead atoms. The van der Waals surface area contributed by atoms with Crippen LogP contribution < -0.4 is 0 Å². The number of ether oxygens (including phenoxy) is 6. The third-order valence-corrected chi connectivity index (χ3v) is 19.7. The summed E-state index contributed by atoms with van der Waals surface area (Å²) in [6.07, 6.45) is 57.0. The Morgan fingerprint density at radius 3 is 0.870 bits per heavy atom. The van der Waals surface area contributed by atoms with Gasteiger partial charge in [-0.2, -0.15) is 0 Å².